The molecule has 0 aromatic heterocycles. The molecule has 0 amide bonds. The average molecular weight is 418 g/mol. The molecule has 6 atom stereocenters. The van der Waals surface area contributed by atoms with Gasteiger partial charge in [0, 0.05) is 11.1 Å². The molecule has 1 aliphatic heterocycles. The number of phenols is 2. The van der Waals surface area contributed by atoms with E-state index in [0.29, 0.717) is 5.56 Å². The van der Waals surface area contributed by atoms with E-state index in [1.54, 1.807) is 6.92 Å². The second kappa shape index (κ2) is 7.02. The van der Waals surface area contributed by atoms with Crippen LogP contribution in [0.2, 0.25) is 0 Å². The zero-order valence-corrected chi connectivity index (χ0v) is 15.9. The van der Waals surface area contributed by atoms with E-state index in [1.165, 1.54) is 30.3 Å². The van der Waals surface area contributed by atoms with Gasteiger partial charge < -0.3 is 40.5 Å². The number of fused-ring (bicyclic) bond motifs is 2. The number of aromatic hydroxyl groups is 2. The van der Waals surface area contributed by atoms with Crippen LogP contribution in [-0.4, -0.2) is 78.7 Å². The van der Waals surface area contributed by atoms with Gasteiger partial charge in [-0.15, -0.1) is 0 Å². The summed E-state index contributed by atoms with van der Waals surface area (Å²) in [4.78, 5) is 13.1. The van der Waals surface area contributed by atoms with Gasteiger partial charge in [0.2, 0.25) is 5.78 Å². The summed E-state index contributed by atoms with van der Waals surface area (Å²) in [5, 5.41) is 73.3. The van der Waals surface area contributed by atoms with Crippen LogP contribution in [0.15, 0.2) is 30.3 Å². The Labute approximate surface area is 171 Å². The van der Waals surface area contributed by atoms with E-state index in [-0.39, 0.29) is 22.3 Å². The highest BCUT2D eigenvalue weighted by atomic mass is 16.6. The minimum atomic E-state index is -2.31. The summed E-state index contributed by atoms with van der Waals surface area (Å²) in [5.74, 6) is -1.62. The molecule has 1 saturated heterocycles. The fourth-order valence-electron chi connectivity index (χ4n) is 4.43. The quantitative estimate of drug-likeness (QED) is 0.324. The summed E-state index contributed by atoms with van der Waals surface area (Å²) in [6, 6.07) is 6.73. The van der Waals surface area contributed by atoms with Gasteiger partial charge in [-0.25, -0.2) is 0 Å². The molecule has 1 heterocycles. The average Bonchev–Trinajstić information content (AvgIpc) is 2.70. The van der Waals surface area contributed by atoms with Crippen LogP contribution in [-0.2, 0) is 10.3 Å². The van der Waals surface area contributed by atoms with Crippen LogP contribution in [0, 0.1) is 6.92 Å². The number of hydrogen-bond donors (Lipinski definition) is 7. The van der Waals surface area contributed by atoms with Crippen molar-refractivity contribution in [2.24, 2.45) is 0 Å². The Bertz CT molecular complexity index is 1020. The third kappa shape index (κ3) is 2.68. The summed E-state index contributed by atoms with van der Waals surface area (Å²) in [7, 11) is 0. The maximum absolute atomic E-state index is 13.1. The first-order valence-corrected chi connectivity index (χ1v) is 9.37. The molecule has 2 aliphatic rings. The molecule has 0 saturated carbocycles. The van der Waals surface area contributed by atoms with Crippen molar-refractivity contribution in [1.82, 2.24) is 0 Å². The first-order chi connectivity index (χ1) is 14.1. The van der Waals surface area contributed by atoms with Crippen LogP contribution in [0.25, 0.3) is 0 Å². The third-order valence-corrected chi connectivity index (χ3v) is 5.88. The van der Waals surface area contributed by atoms with Crippen LogP contribution in [0.4, 0.5) is 0 Å². The van der Waals surface area contributed by atoms with Gasteiger partial charge in [0.05, 0.1) is 17.7 Å². The number of ketones is 1. The van der Waals surface area contributed by atoms with Gasteiger partial charge in [-0.3, -0.25) is 4.79 Å². The van der Waals surface area contributed by atoms with Gasteiger partial charge in [0.1, 0.15) is 47.6 Å². The lowest BCUT2D eigenvalue weighted by Gasteiger charge is -2.49. The SMILES string of the molecule is Cc1cc(O)c2c(c1)C(O)([C@@H]1O[C@H](CO)[C@@H](O)[C@H](O)[C@H]1O)c1cccc(O)c1C2=O. The van der Waals surface area contributed by atoms with E-state index in [0.717, 1.165) is 0 Å². The normalized spacial score (nSPS) is 33.1. The Morgan fingerprint density at radius 2 is 1.63 bits per heavy atom. The predicted octanol–water partition coefficient (Wildman–Crippen LogP) is -0.971. The molecule has 160 valence electrons. The van der Waals surface area contributed by atoms with Gasteiger partial charge in [0.25, 0.3) is 0 Å². The molecule has 9 heteroatoms. The zero-order valence-electron chi connectivity index (χ0n) is 15.9. The highest BCUT2D eigenvalue weighted by Gasteiger charge is 2.57. The number of hydrogen-bond acceptors (Lipinski definition) is 9. The summed E-state index contributed by atoms with van der Waals surface area (Å²) in [6.07, 6.45) is -8.21. The number of phenolic OH excluding ortho intramolecular Hbond substituents is 2. The fourth-order valence-corrected chi connectivity index (χ4v) is 4.43. The largest absolute Gasteiger partial charge is 0.507 e. The van der Waals surface area contributed by atoms with E-state index in [9.17, 15) is 40.5 Å². The van der Waals surface area contributed by atoms with E-state index < -0.39 is 60.0 Å². The Morgan fingerprint density at radius 3 is 2.30 bits per heavy atom. The minimum Gasteiger partial charge on any atom is -0.507 e. The number of aliphatic hydroxyl groups excluding tert-OH is 4. The zero-order chi connectivity index (χ0) is 22.0. The Kier molecular flexibility index (Phi) is 4.85. The minimum absolute atomic E-state index is 0.0903. The molecule has 30 heavy (non-hydrogen) atoms. The van der Waals surface area contributed by atoms with Crippen molar-refractivity contribution in [1.29, 1.82) is 0 Å². The Balaban J connectivity index is 2.03. The molecule has 1 aliphatic carbocycles. The molecule has 7 N–H and O–H groups in total. The van der Waals surface area contributed by atoms with Crippen molar-refractivity contribution in [3.05, 3.63) is 58.1 Å². The molecule has 9 nitrogen and oxygen atoms in total. The van der Waals surface area contributed by atoms with Crippen LogP contribution < -0.4 is 0 Å². The van der Waals surface area contributed by atoms with Crippen molar-refractivity contribution in [3.63, 3.8) is 0 Å². The monoisotopic (exact) mass is 418 g/mol. The second-order valence-electron chi connectivity index (χ2n) is 7.75. The number of aliphatic hydroxyl groups is 5. The summed E-state index contributed by atoms with van der Waals surface area (Å²) < 4.78 is 5.61. The lowest BCUT2D eigenvalue weighted by Crippen LogP contribution is -2.65. The first kappa shape index (κ1) is 20.7. The highest BCUT2D eigenvalue weighted by molar-refractivity contribution is 6.16. The molecule has 4 rings (SSSR count). The Morgan fingerprint density at radius 1 is 0.967 bits per heavy atom. The van der Waals surface area contributed by atoms with Crippen LogP contribution in [0.1, 0.15) is 32.6 Å². The summed E-state index contributed by atoms with van der Waals surface area (Å²) >= 11 is 0. The number of benzene rings is 2. The van der Waals surface area contributed by atoms with E-state index in [2.05, 4.69) is 0 Å². The van der Waals surface area contributed by atoms with Gasteiger partial charge in [-0.05, 0) is 24.6 Å². The standard InChI is InChI=1S/C21H22O9/c1-8-5-10-15(12(24)6-8)17(26)14-9(3-2-4-11(14)23)21(10,29)20-19(28)18(27)16(25)13(7-22)30-20/h2-6,13,16,18-20,22-25,27-29H,7H2,1H3/t13-,16-,18+,19-,20-,21?/m1/s1. The maximum Gasteiger partial charge on any atom is 0.201 e. The van der Waals surface area contributed by atoms with Crippen molar-refractivity contribution in [2.45, 2.75) is 43.0 Å². The number of carbonyl (C=O) groups excluding carboxylic acids is 1. The topological polar surface area (TPSA) is 168 Å². The summed E-state index contributed by atoms with van der Waals surface area (Å²) in [5.41, 5.74) is -2.58. The van der Waals surface area contributed by atoms with E-state index in [4.69, 9.17) is 4.74 Å². The van der Waals surface area contributed by atoms with Crippen molar-refractivity contribution in [2.75, 3.05) is 6.61 Å². The predicted molar refractivity (Wildman–Crippen MR) is 101 cm³/mol. The van der Waals surface area contributed by atoms with Crippen LogP contribution >= 0.6 is 0 Å². The van der Waals surface area contributed by atoms with Gasteiger partial charge in [-0.2, -0.15) is 0 Å². The summed E-state index contributed by atoms with van der Waals surface area (Å²) in [6.45, 7) is 0.908. The number of rotatable bonds is 2. The lowest BCUT2D eigenvalue weighted by molar-refractivity contribution is -0.265. The maximum atomic E-state index is 13.1. The molecule has 0 radical (unpaired) electrons. The highest BCUT2D eigenvalue weighted by Crippen LogP contribution is 2.50. The van der Waals surface area contributed by atoms with Crippen LogP contribution in [0.5, 0.6) is 11.5 Å². The molecule has 2 aromatic rings. The number of carbonyl (C=O) groups is 1. The smallest absolute Gasteiger partial charge is 0.201 e. The van der Waals surface area contributed by atoms with Gasteiger partial charge in [-0.1, -0.05) is 18.2 Å². The molecule has 2 aromatic carbocycles. The van der Waals surface area contributed by atoms with Crippen molar-refractivity contribution >= 4 is 5.78 Å². The Hall–Kier alpha value is -2.53. The molecular formula is C21H22O9. The molecule has 0 bridgehead atoms. The van der Waals surface area contributed by atoms with Crippen LogP contribution in [0.3, 0.4) is 0 Å². The lowest BCUT2D eigenvalue weighted by atomic mass is 9.68. The molecule has 1 unspecified atom stereocenters. The van der Waals surface area contributed by atoms with E-state index in [1.807, 2.05) is 0 Å². The number of aryl methyl sites for hydroxylation is 1. The van der Waals surface area contributed by atoms with Gasteiger partial charge in [0.15, 0.2) is 0 Å². The third-order valence-electron chi connectivity index (χ3n) is 5.88. The van der Waals surface area contributed by atoms with Crippen molar-refractivity contribution in [3.8, 4) is 11.5 Å². The van der Waals surface area contributed by atoms with E-state index >= 15 is 0 Å². The van der Waals surface area contributed by atoms with Gasteiger partial charge >= 0.3 is 0 Å². The second-order valence-corrected chi connectivity index (χ2v) is 7.75. The fraction of sp³-hybridized carbons (Fsp3) is 0.381. The molecule has 0 spiro atoms. The first-order valence-electron chi connectivity index (χ1n) is 9.37. The molecular weight excluding hydrogens is 396 g/mol. The van der Waals surface area contributed by atoms with Crippen molar-refractivity contribution < 1.29 is 45.3 Å². The number of ether oxygens (including phenoxy) is 1. The molecule has 1 fully saturated rings.